The second-order valence-corrected chi connectivity index (χ2v) is 7.24. The molecular weight excluding hydrogens is 242 g/mol. The molecule has 98 valence electrons. The fourth-order valence-electron chi connectivity index (χ4n) is 2.58. The van der Waals surface area contributed by atoms with E-state index in [-0.39, 0.29) is 0 Å². The van der Waals surface area contributed by atoms with Crippen molar-refractivity contribution in [3.8, 4) is 0 Å². The van der Waals surface area contributed by atoms with Gasteiger partial charge in [0.25, 0.3) is 0 Å². The molecule has 0 aromatic carbocycles. The zero-order chi connectivity index (χ0) is 11.9. The van der Waals surface area contributed by atoms with Crippen LogP contribution in [0.15, 0.2) is 0 Å². The summed E-state index contributed by atoms with van der Waals surface area (Å²) in [6, 6.07) is 0. The Morgan fingerprint density at radius 3 is 2.24 bits per heavy atom. The van der Waals surface area contributed by atoms with E-state index in [0.29, 0.717) is 50.8 Å². The summed E-state index contributed by atoms with van der Waals surface area (Å²) in [6.45, 7) is 2.34. The van der Waals surface area contributed by atoms with Crippen LogP contribution in [0.4, 0.5) is 0 Å². The molecule has 2 heterocycles. The van der Waals surface area contributed by atoms with Crippen molar-refractivity contribution in [2.45, 2.75) is 31.5 Å². The first-order valence-electron chi connectivity index (χ1n) is 6.35. The summed E-state index contributed by atoms with van der Waals surface area (Å²) in [5.74, 6) is 0.266. The number of hydrogen-bond donors (Lipinski definition) is 0. The summed E-state index contributed by atoms with van der Waals surface area (Å²) in [4.78, 5) is 0. The molecule has 3 fully saturated rings. The first kappa shape index (κ1) is 11.9. The van der Waals surface area contributed by atoms with Crippen LogP contribution in [0.5, 0.6) is 0 Å². The Hall–Kier alpha value is -0.170. The first-order chi connectivity index (χ1) is 8.10. The Kier molecular flexibility index (Phi) is 2.93. The summed E-state index contributed by atoms with van der Waals surface area (Å²) in [6.07, 6.45) is 3.47. The number of sulfonamides is 1. The molecule has 0 N–H and O–H groups in total. The van der Waals surface area contributed by atoms with Gasteiger partial charge in [-0.25, -0.2) is 12.7 Å². The molecule has 0 bridgehead atoms. The molecule has 3 aliphatic rings. The second-order valence-electron chi connectivity index (χ2n) is 5.23. The minimum absolute atomic E-state index is 0.335. The SMILES string of the molecule is O=S(=O)(CC1CC1)N1CCC2(CC1)OCCO2. The Morgan fingerprint density at radius 2 is 1.71 bits per heavy atom. The van der Waals surface area contributed by atoms with Gasteiger partial charge in [-0.05, 0) is 18.8 Å². The molecule has 0 amide bonds. The van der Waals surface area contributed by atoms with Gasteiger partial charge in [-0.1, -0.05) is 0 Å². The van der Waals surface area contributed by atoms with E-state index in [1.54, 1.807) is 4.31 Å². The fourth-order valence-corrected chi connectivity index (χ4v) is 4.46. The highest BCUT2D eigenvalue weighted by Crippen LogP contribution is 2.35. The van der Waals surface area contributed by atoms with Crippen LogP contribution < -0.4 is 0 Å². The third-order valence-electron chi connectivity index (χ3n) is 3.83. The van der Waals surface area contributed by atoms with Crippen LogP contribution in [-0.2, 0) is 19.5 Å². The number of ether oxygens (including phenoxy) is 2. The molecule has 2 aliphatic heterocycles. The fraction of sp³-hybridized carbons (Fsp3) is 1.00. The molecule has 0 unspecified atom stereocenters. The molecule has 0 radical (unpaired) electrons. The van der Waals surface area contributed by atoms with E-state index in [1.807, 2.05) is 0 Å². The molecule has 1 saturated carbocycles. The quantitative estimate of drug-likeness (QED) is 0.745. The maximum atomic E-state index is 12.1. The van der Waals surface area contributed by atoms with E-state index >= 15 is 0 Å². The van der Waals surface area contributed by atoms with Gasteiger partial charge in [0, 0.05) is 25.9 Å². The average Bonchev–Trinajstić information content (AvgIpc) is 2.98. The summed E-state index contributed by atoms with van der Waals surface area (Å²) in [5.41, 5.74) is 0. The zero-order valence-corrected chi connectivity index (χ0v) is 10.7. The average molecular weight is 261 g/mol. The Labute approximate surface area is 102 Å². The van der Waals surface area contributed by atoms with Gasteiger partial charge in [-0.3, -0.25) is 0 Å². The van der Waals surface area contributed by atoms with Gasteiger partial charge in [0.15, 0.2) is 5.79 Å². The van der Waals surface area contributed by atoms with Crippen molar-refractivity contribution in [3.05, 3.63) is 0 Å². The molecular formula is C11H19NO4S. The smallest absolute Gasteiger partial charge is 0.214 e. The largest absolute Gasteiger partial charge is 0.347 e. The monoisotopic (exact) mass is 261 g/mol. The van der Waals surface area contributed by atoms with Gasteiger partial charge in [0.1, 0.15) is 0 Å². The van der Waals surface area contributed by atoms with Gasteiger partial charge in [0.05, 0.1) is 19.0 Å². The summed E-state index contributed by atoms with van der Waals surface area (Å²) in [5, 5.41) is 0. The van der Waals surface area contributed by atoms with Crippen LogP contribution in [0.1, 0.15) is 25.7 Å². The maximum Gasteiger partial charge on any atom is 0.214 e. The van der Waals surface area contributed by atoms with Gasteiger partial charge in [-0.15, -0.1) is 0 Å². The highest BCUT2D eigenvalue weighted by atomic mass is 32.2. The van der Waals surface area contributed by atoms with E-state index in [1.165, 1.54) is 0 Å². The lowest BCUT2D eigenvalue weighted by Crippen LogP contribution is -2.47. The van der Waals surface area contributed by atoms with E-state index in [2.05, 4.69) is 0 Å². The summed E-state index contributed by atoms with van der Waals surface area (Å²) in [7, 11) is -3.04. The Morgan fingerprint density at radius 1 is 1.12 bits per heavy atom. The molecule has 3 rings (SSSR count). The molecule has 6 heteroatoms. The molecule has 2 saturated heterocycles. The van der Waals surface area contributed by atoms with Crippen molar-refractivity contribution < 1.29 is 17.9 Å². The van der Waals surface area contributed by atoms with Gasteiger partial charge < -0.3 is 9.47 Å². The Bertz CT molecular complexity index is 374. The highest BCUT2D eigenvalue weighted by Gasteiger charge is 2.43. The highest BCUT2D eigenvalue weighted by molar-refractivity contribution is 7.89. The van der Waals surface area contributed by atoms with Crippen LogP contribution in [0.25, 0.3) is 0 Å². The van der Waals surface area contributed by atoms with Crippen molar-refractivity contribution in [2.75, 3.05) is 32.1 Å². The van der Waals surface area contributed by atoms with Crippen molar-refractivity contribution in [2.24, 2.45) is 5.92 Å². The predicted molar refractivity (Wildman–Crippen MR) is 62.0 cm³/mol. The van der Waals surface area contributed by atoms with E-state index < -0.39 is 15.8 Å². The topological polar surface area (TPSA) is 55.8 Å². The lowest BCUT2D eigenvalue weighted by molar-refractivity contribution is -0.179. The van der Waals surface area contributed by atoms with Gasteiger partial charge >= 0.3 is 0 Å². The third kappa shape index (κ3) is 2.50. The molecule has 1 spiro atoms. The van der Waals surface area contributed by atoms with Crippen LogP contribution in [0, 0.1) is 5.92 Å². The predicted octanol–water partition coefficient (Wildman–Crippen LogP) is 0.565. The van der Waals surface area contributed by atoms with Crippen molar-refractivity contribution in [3.63, 3.8) is 0 Å². The van der Waals surface area contributed by atoms with Crippen LogP contribution in [0.3, 0.4) is 0 Å². The number of piperidine rings is 1. The molecule has 0 atom stereocenters. The zero-order valence-electron chi connectivity index (χ0n) is 9.93. The van der Waals surface area contributed by atoms with Crippen molar-refractivity contribution in [1.29, 1.82) is 0 Å². The molecule has 17 heavy (non-hydrogen) atoms. The minimum atomic E-state index is -3.04. The van der Waals surface area contributed by atoms with Crippen molar-refractivity contribution >= 4 is 10.0 Å². The number of rotatable bonds is 3. The second kappa shape index (κ2) is 4.19. The standard InChI is InChI=1S/C11H19NO4S/c13-17(14,9-10-1-2-10)12-5-3-11(4-6-12)15-7-8-16-11/h10H,1-9H2. The molecule has 1 aliphatic carbocycles. The molecule has 5 nitrogen and oxygen atoms in total. The van der Waals surface area contributed by atoms with Crippen LogP contribution in [-0.4, -0.2) is 50.6 Å². The maximum absolute atomic E-state index is 12.1. The van der Waals surface area contributed by atoms with E-state index in [0.717, 1.165) is 12.8 Å². The van der Waals surface area contributed by atoms with Crippen LogP contribution >= 0.6 is 0 Å². The summed E-state index contributed by atoms with van der Waals surface area (Å²) < 4.78 is 37.0. The lowest BCUT2D eigenvalue weighted by atomic mass is 10.1. The molecule has 0 aromatic rings. The number of nitrogens with zero attached hydrogens (tertiary/aromatic N) is 1. The number of hydrogen-bond acceptors (Lipinski definition) is 4. The summed E-state index contributed by atoms with van der Waals surface area (Å²) >= 11 is 0. The van der Waals surface area contributed by atoms with Gasteiger partial charge in [-0.2, -0.15) is 0 Å². The van der Waals surface area contributed by atoms with Crippen LogP contribution in [0.2, 0.25) is 0 Å². The van der Waals surface area contributed by atoms with E-state index in [9.17, 15) is 8.42 Å². The van der Waals surface area contributed by atoms with Gasteiger partial charge in [0.2, 0.25) is 10.0 Å². The lowest BCUT2D eigenvalue weighted by Gasteiger charge is -2.36. The normalized spacial score (nSPS) is 29.9. The minimum Gasteiger partial charge on any atom is -0.347 e. The van der Waals surface area contributed by atoms with Crippen molar-refractivity contribution in [1.82, 2.24) is 4.31 Å². The Balaban J connectivity index is 1.60. The first-order valence-corrected chi connectivity index (χ1v) is 7.96. The van der Waals surface area contributed by atoms with E-state index in [4.69, 9.17) is 9.47 Å². The third-order valence-corrected chi connectivity index (χ3v) is 5.88. The molecule has 0 aromatic heterocycles.